The quantitative estimate of drug-likeness (QED) is 0.803. The van der Waals surface area contributed by atoms with Gasteiger partial charge in [-0.3, -0.25) is 0 Å². The van der Waals surface area contributed by atoms with Gasteiger partial charge in [0, 0.05) is 19.1 Å². The van der Waals surface area contributed by atoms with Gasteiger partial charge in [0.2, 0.25) is 0 Å². The molecule has 5 nitrogen and oxygen atoms in total. The first-order valence-electron chi connectivity index (χ1n) is 8.84. The van der Waals surface area contributed by atoms with Gasteiger partial charge in [0.15, 0.2) is 0 Å². The van der Waals surface area contributed by atoms with E-state index in [1.807, 2.05) is 57.2 Å². The lowest BCUT2D eigenvalue weighted by molar-refractivity contribution is -0.000228. The van der Waals surface area contributed by atoms with Crippen molar-refractivity contribution < 1.29 is 14.3 Å². The summed E-state index contributed by atoms with van der Waals surface area (Å²) >= 11 is 0. The second-order valence-electron chi connectivity index (χ2n) is 7.42. The minimum Gasteiger partial charge on any atom is -0.444 e. The number of rotatable bonds is 6. The topological polar surface area (TPSA) is 50.8 Å². The van der Waals surface area contributed by atoms with Crippen molar-refractivity contribution in [2.75, 3.05) is 19.7 Å². The van der Waals surface area contributed by atoms with Crippen LogP contribution in [-0.4, -0.2) is 48.4 Å². The average molecular weight is 346 g/mol. The molecule has 0 aliphatic carbocycles. The summed E-state index contributed by atoms with van der Waals surface area (Å²) in [6.07, 6.45) is 2.31. The monoisotopic (exact) mass is 346 g/mol. The normalized spacial score (nSPS) is 21.0. The largest absolute Gasteiger partial charge is 0.444 e. The molecule has 0 saturated carbocycles. The summed E-state index contributed by atoms with van der Waals surface area (Å²) in [5, 5.41) is 3.47. The molecule has 1 aromatic carbocycles. The zero-order chi connectivity index (χ0) is 18.3. The van der Waals surface area contributed by atoms with Crippen LogP contribution in [0.5, 0.6) is 0 Å². The minimum absolute atomic E-state index is 0.0673. The molecule has 2 atom stereocenters. The van der Waals surface area contributed by atoms with E-state index in [-0.39, 0.29) is 18.2 Å². The zero-order valence-corrected chi connectivity index (χ0v) is 15.5. The molecule has 0 aromatic heterocycles. The number of benzene rings is 1. The van der Waals surface area contributed by atoms with Crippen LogP contribution >= 0.6 is 0 Å². The summed E-state index contributed by atoms with van der Waals surface area (Å²) in [5.74, 6) is 0. The maximum Gasteiger partial charge on any atom is 0.410 e. The molecule has 1 heterocycles. The summed E-state index contributed by atoms with van der Waals surface area (Å²) in [4.78, 5) is 14.3. The molecule has 138 valence electrons. The van der Waals surface area contributed by atoms with Crippen LogP contribution < -0.4 is 5.32 Å². The number of nitrogens with zero attached hydrogens (tertiary/aromatic N) is 1. The second kappa shape index (κ2) is 9.02. The molecular formula is C20H30N2O3. The van der Waals surface area contributed by atoms with Gasteiger partial charge in [-0.1, -0.05) is 36.4 Å². The van der Waals surface area contributed by atoms with Crippen molar-refractivity contribution in [2.24, 2.45) is 0 Å². The molecule has 0 radical (unpaired) electrons. The Bertz CT molecular complexity index is 554. The third kappa shape index (κ3) is 6.52. The molecule has 5 heteroatoms. The SMILES string of the molecule is C=CC[C@@H]1CN[C@@H](COCc2ccccc2)CN1C(=O)OC(C)(C)C. The van der Waals surface area contributed by atoms with E-state index in [0.29, 0.717) is 26.3 Å². The molecule has 0 bridgehead atoms. The molecule has 0 spiro atoms. The first-order valence-corrected chi connectivity index (χ1v) is 8.84. The highest BCUT2D eigenvalue weighted by atomic mass is 16.6. The molecule has 1 N–H and O–H groups in total. The smallest absolute Gasteiger partial charge is 0.410 e. The van der Waals surface area contributed by atoms with Gasteiger partial charge in [0.1, 0.15) is 5.60 Å². The van der Waals surface area contributed by atoms with Crippen LogP contribution in [0.3, 0.4) is 0 Å². The Morgan fingerprint density at radius 2 is 2.08 bits per heavy atom. The van der Waals surface area contributed by atoms with Crippen molar-refractivity contribution in [2.45, 2.75) is 51.5 Å². The van der Waals surface area contributed by atoms with Crippen LogP contribution in [0.4, 0.5) is 4.79 Å². The highest BCUT2D eigenvalue weighted by Gasteiger charge is 2.33. The summed E-state index contributed by atoms with van der Waals surface area (Å²) < 4.78 is 11.4. The van der Waals surface area contributed by atoms with Crippen LogP contribution in [0.1, 0.15) is 32.8 Å². The van der Waals surface area contributed by atoms with Gasteiger partial charge in [-0.25, -0.2) is 4.79 Å². The molecule has 2 rings (SSSR count). The zero-order valence-electron chi connectivity index (χ0n) is 15.5. The van der Waals surface area contributed by atoms with Crippen LogP contribution in [-0.2, 0) is 16.1 Å². The van der Waals surface area contributed by atoms with Crippen LogP contribution in [0.2, 0.25) is 0 Å². The fraction of sp³-hybridized carbons (Fsp3) is 0.550. The van der Waals surface area contributed by atoms with Crippen molar-refractivity contribution in [1.29, 1.82) is 0 Å². The first-order chi connectivity index (χ1) is 11.9. The highest BCUT2D eigenvalue weighted by molar-refractivity contribution is 5.69. The summed E-state index contributed by atoms with van der Waals surface area (Å²) in [6, 6.07) is 10.2. The third-order valence-corrected chi connectivity index (χ3v) is 4.00. The number of hydrogen-bond donors (Lipinski definition) is 1. The molecular weight excluding hydrogens is 316 g/mol. The van der Waals surface area contributed by atoms with Crippen LogP contribution in [0.25, 0.3) is 0 Å². The Morgan fingerprint density at radius 3 is 2.72 bits per heavy atom. The van der Waals surface area contributed by atoms with Gasteiger partial charge >= 0.3 is 6.09 Å². The van der Waals surface area contributed by atoms with Gasteiger partial charge in [0.25, 0.3) is 0 Å². The van der Waals surface area contributed by atoms with E-state index in [0.717, 1.165) is 12.0 Å². The van der Waals surface area contributed by atoms with Crippen molar-refractivity contribution in [3.8, 4) is 0 Å². The fourth-order valence-electron chi connectivity index (χ4n) is 2.82. The predicted molar refractivity (Wildman–Crippen MR) is 99.4 cm³/mol. The minimum atomic E-state index is -0.500. The standard InChI is InChI=1S/C20H30N2O3/c1-5-9-18-12-21-17(13-22(18)19(23)25-20(2,3)4)15-24-14-16-10-7-6-8-11-16/h5-8,10-11,17-18,21H,1,9,12-15H2,2-4H3/t17-,18-/m1/s1. The van der Waals surface area contributed by atoms with Gasteiger partial charge < -0.3 is 19.7 Å². The maximum atomic E-state index is 12.5. The lowest BCUT2D eigenvalue weighted by atomic mass is 10.1. The number of piperazine rings is 1. The van der Waals surface area contributed by atoms with Crippen molar-refractivity contribution in [1.82, 2.24) is 10.2 Å². The van der Waals surface area contributed by atoms with E-state index in [4.69, 9.17) is 9.47 Å². The predicted octanol–water partition coefficient (Wildman–Crippen LogP) is 3.36. The van der Waals surface area contributed by atoms with Crippen molar-refractivity contribution >= 4 is 6.09 Å². The van der Waals surface area contributed by atoms with E-state index >= 15 is 0 Å². The summed E-state index contributed by atoms with van der Waals surface area (Å²) in [6.45, 7) is 11.9. The maximum absolute atomic E-state index is 12.5. The van der Waals surface area contributed by atoms with Gasteiger partial charge in [-0.15, -0.1) is 6.58 Å². The number of ether oxygens (including phenoxy) is 2. The van der Waals surface area contributed by atoms with Crippen molar-refractivity contribution in [3.05, 3.63) is 48.6 Å². The first kappa shape index (κ1) is 19.5. The average Bonchev–Trinajstić information content (AvgIpc) is 2.55. The van der Waals surface area contributed by atoms with E-state index in [2.05, 4.69) is 11.9 Å². The summed E-state index contributed by atoms with van der Waals surface area (Å²) in [5.41, 5.74) is 0.645. The molecule has 1 saturated heterocycles. The lowest BCUT2D eigenvalue weighted by Gasteiger charge is -2.40. The van der Waals surface area contributed by atoms with Gasteiger partial charge in [0.05, 0.1) is 19.3 Å². The van der Waals surface area contributed by atoms with Crippen LogP contribution in [0, 0.1) is 0 Å². The Morgan fingerprint density at radius 1 is 1.36 bits per heavy atom. The molecule has 1 aliphatic heterocycles. The molecule has 25 heavy (non-hydrogen) atoms. The Hall–Kier alpha value is -1.85. The molecule has 1 aliphatic rings. The van der Waals surface area contributed by atoms with Gasteiger partial charge in [-0.05, 0) is 32.8 Å². The number of hydrogen-bond acceptors (Lipinski definition) is 4. The summed E-state index contributed by atoms with van der Waals surface area (Å²) in [7, 11) is 0. The molecule has 1 amide bonds. The van der Waals surface area contributed by atoms with E-state index in [1.54, 1.807) is 4.90 Å². The van der Waals surface area contributed by atoms with Gasteiger partial charge in [-0.2, -0.15) is 0 Å². The number of carbonyl (C=O) groups is 1. The van der Waals surface area contributed by atoms with Crippen LogP contribution in [0.15, 0.2) is 43.0 Å². The Labute approximate surface area is 151 Å². The third-order valence-electron chi connectivity index (χ3n) is 4.00. The number of amides is 1. The highest BCUT2D eigenvalue weighted by Crippen LogP contribution is 2.17. The van der Waals surface area contributed by atoms with E-state index in [1.165, 1.54) is 0 Å². The van der Waals surface area contributed by atoms with Crippen molar-refractivity contribution in [3.63, 3.8) is 0 Å². The lowest BCUT2D eigenvalue weighted by Crippen LogP contribution is -2.60. The fourth-order valence-corrected chi connectivity index (χ4v) is 2.82. The van der Waals surface area contributed by atoms with E-state index in [9.17, 15) is 4.79 Å². The Balaban J connectivity index is 1.89. The second-order valence-corrected chi connectivity index (χ2v) is 7.42. The number of nitrogens with one attached hydrogen (secondary N) is 1. The molecule has 1 fully saturated rings. The molecule has 1 aromatic rings. The number of carbonyl (C=O) groups excluding carboxylic acids is 1. The van der Waals surface area contributed by atoms with E-state index < -0.39 is 5.60 Å². The Kier molecular flexibility index (Phi) is 7.02. The molecule has 0 unspecified atom stereocenters.